The number of hydrogen-bond donors (Lipinski definition) is 1. The maximum atomic E-state index is 12.8. The van der Waals surface area contributed by atoms with Gasteiger partial charge in [0.05, 0.1) is 34.4 Å². The molecule has 1 N–H and O–H groups in total. The number of rotatable bonds is 15. The quantitative estimate of drug-likeness (QED) is 0.159. The molecule has 1 unspecified atom stereocenters. The average molecular weight is 801 g/mol. The number of carbonyl (C=O) groups is 2. The number of aromatic nitrogens is 1. The Morgan fingerprint density at radius 3 is 2.50 bits per heavy atom. The summed E-state index contributed by atoms with van der Waals surface area (Å²) in [5, 5.41) is 21.8. The smallest absolute Gasteiger partial charge is 0.304 e. The number of para-hydroxylation sites is 1. The fraction of sp³-hybridized carbons (Fsp3) is 0.378. The zero-order valence-corrected chi connectivity index (χ0v) is 32.7. The third-order valence-electron chi connectivity index (χ3n) is 9.43. The summed E-state index contributed by atoms with van der Waals surface area (Å²) in [6.45, 7) is 0.440. The molecule has 15 heteroatoms. The molecule has 0 saturated heterocycles. The van der Waals surface area contributed by atoms with Crippen LogP contribution in [0.25, 0.3) is 16.3 Å². The highest BCUT2D eigenvalue weighted by Crippen LogP contribution is 2.48. The first-order chi connectivity index (χ1) is 24.8. The van der Waals surface area contributed by atoms with Gasteiger partial charge in [-0.3, -0.25) is 4.79 Å². The maximum Gasteiger partial charge on any atom is 0.304 e. The minimum atomic E-state index is -3.59. The number of carboxylic acid groups (broad SMARTS) is 2. The van der Waals surface area contributed by atoms with Gasteiger partial charge >= 0.3 is 5.97 Å². The Morgan fingerprint density at radius 2 is 1.73 bits per heavy atom. The van der Waals surface area contributed by atoms with Crippen LogP contribution in [0.15, 0.2) is 92.2 Å². The number of benzene rings is 2. The number of anilines is 1. The number of thioether (sulfide) groups is 2. The first kappa shape index (κ1) is 38.4. The van der Waals surface area contributed by atoms with E-state index in [0.29, 0.717) is 5.92 Å². The van der Waals surface area contributed by atoms with Crippen LogP contribution in [0.1, 0.15) is 43.5 Å². The lowest BCUT2D eigenvalue weighted by atomic mass is 9.77. The first-order valence-corrected chi connectivity index (χ1v) is 23.5. The largest absolute Gasteiger partial charge is 0.550 e. The van der Waals surface area contributed by atoms with Gasteiger partial charge in [-0.05, 0) is 84.9 Å². The summed E-state index contributed by atoms with van der Waals surface area (Å²) < 4.78 is 53.8. The van der Waals surface area contributed by atoms with Gasteiger partial charge in [-0.15, -0.1) is 11.8 Å². The molecule has 2 aromatic carbocycles. The number of carboxylic acids is 2. The summed E-state index contributed by atoms with van der Waals surface area (Å²) in [5.74, 6) is -3.23. The Bertz CT molecular complexity index is 2240. The topological polar surface area (TPSA) is 153 Å². The molecule has 0 radical (unpaired) electrons. The highest BCUT2D eigenvalue weighted by molar-refractivity contribution is 8.03. The number of nitrogens with zero attached hydrogens (tertiary/aromatic N) is 2. The van der Waals surface area contributed by atoms with Gasteiger partial charge in [0.1, 0.15) is 10.5 Å². The Kier molecular flexibility index (Phi) is 12.0. The van der Waals surface area contributed by atoms with Crippen molar-refractivity contribution < 1.29 is 41.2 Å². The summed E-state index contributed by atoms with van der Waals surface area (Å²) in [4.78, 5) is 26.1. The third kappa shape index (κ3) is 9.59. The van der Waals surface area contributed by atoms with Crippen molar-refractivity contribution in [2.24, 2.45) is 5.92 Å². The van der Waals surface area contributed by atoms with Gasteiger partial charge in [-0.2, -0.15) is 4.57 Å². The van der Waals surface area contributed by atoms with E-state index < -0.39 is 50.2 Å². The Hall–Kier alpha value is -3.37. The highest BCUT2D eigenvalue weighted by Gasteiger charge is 2.30. The van der Waals surface area contributed by atoms with E-state index in [4.69, 9.17) is 5.11 Å². The lowest BCUT2D eigenvalue weighted by molar-refractivity contribution is -0.664. The molecule has 3 aliphatic rings. The standard InChI is InChI=1S/C37H40N2O8S5/c1-48-29-10-11-33-31(24-29)39(15-19-52(46,47)17-13-37(42)43)35(50-33)23-26-7-9-27-8-6-25(20-28(27)21-26)22-34-38(30-4-2-3-5-32(30)49-34)14-18-51(44,45)16-12-36(40)41/h2-5,10-11,20-24,27H,6-9,12-19H2,1H3,(H-,40,41,42,43). The van der Waals surface area contributed by atoms with Crippen LogP contribution in [0.5, 0.6) is 0 Å². The summed E-state index contributed by atoms with van der Waals surface area (Å²) in [6.07, 6.45) is 13.6. The molecule has 0 amide bonds. The number of thiazole rings is 1. The fourth-order valence-electron chi connectivity index (χ4n) is 6.64. The second kappa shape index (κ2) is 16.3. The molecule has 6 rings (SSSR count). The van der Waals surface area contributed by atoms with E-state index >= 15 is 0 Å². The van der Waals surface area contributed by atoms with Crippen LogP contribution in [-0.2, 0) is 35.8 Å². The minimum absolute atomic E-state index is 0.148. The van der Waals surface area contributed by atoms with Gasteiger partial charge in [0.15, 0.2) is 26.2 Å². The molecular formula is C37H40N2O8S5. The SMILES string of the molecule is CSc1ccc2c(c1)N(CCS(=O)(=O)CCC(=O)O)/C(=C/C1=CC3=C/C(=C/c4sc5ccccc5[n+]4CCS(=O)(=O)CCC(=O)[O-])CCC3CC1)S2. The number of sulfone groups is 2. The zero-order valence-electron chi connectivity index (χ0n) is 28.7. The number of aliphatic carboxylic acids is 2. The molecule has 0 spiro atoms. The predicted octanol–water partition coefficient (Wildman–Crippen LogP) is 5.25. The van der Waals surface area contributed by atoms with Crippen molar-refractivity contribution in [2.45, 2.75) is 54.9 Å². The lowest BCUT2D eigenvalue weighted by Crippen LogP contribution is -2.39. The van der Waals surface area contributed by atoms with E-state index in [-0.39, 0.29) is 30.3 Å². The van der Waals surface area contributed by atoms with E-state index in [0.717, 1.165) is 72.6 Å². The summed E-state index contributed by atoms with van der Waals surface area (Å²) >= 11 is 4.83. The number of carbonyl (C=O) groups excluding carboxylic acids is 1. The molecule has 0 bridgehead atoms. The van der Waals surface area contributed by atoms with E-state index in [9.17, 15) is 31.5 Å². The van der Waals surface area contributed by atoms with Gasteiger partial charge in [0.25, 0.3) is 5.01 Å². The summed E-state index contributed by atoms with van der Waals surface area (Å²) in [6, 6.07) is 14.1. The van der Waals surface area contributed by atoms with Crippen LogP contribution in [0.4, 0.5) is 5.69 Å². The molecule has 0 fully saturated rings. The lowest BCUT2D eigenvalue weighted by Gasteiger charge is -2.28. The Labute approximate surface area is 316 Å². The van der Waals surface area contributed by atoms with Crippen LogP contribution in [0, 0.1) is 5.92 Å². The fourth-order valence-corrected chi connectivity index (χ4v) is 11.7. The molecule has 2 aliphatic carbocycles. The third-order valence-corrected chi connectivity index (χ3v) is 15.6. The number of aryl methyl sites for hydroxylation is 1. The molecule has 276 valence electrons. The van der Waals surface area contributed by atoms with Crippen LogP contribution in [-0.4, -0.2) is 69.7 Å². The van der Waals surface area contributed by atoms with E-state index in [1.807, 2.05) is 40.0 Å². The van der Waals surface area contributed by atoms with E-state index in [1.54, 1.807) is 34.9 Å². The molecule has 3 aromatic rings. The van der Waals surface area contributed by atoms with E-state index in [2.05, 4.69) is 42.5 Å². The summed E-state index contributed by atoms with van der Waals surface area (Å²) in [5.41, 5.74) is 5.43. The Balaban J connectivity index is 1.27. The minimum Gasteiger partial charge on any atom is -0.550 e. The van der Waals surface area contributed by atoms with Crippen molar-refractivity contribution in [1.82, 2.24) is 0 Å². The van der Waals surface area contributed by atoms with Crippen LogP contribution < -0.4 is 14.6 Å². The molecule has 2 heterocycles. The number of allylic oxidation sites excluding steroid dienone is 6. The number of hydrogen-bond acceptors (Lipinski definition) is 11. The predicted molar refractivity (Wildman–Crippen MR) is 207 cm³/mol. The molecule has 1 aliphatic heterocycles. The molecular weight excluding hydrogens is 761 g/mol. The Morgan fingerprint density at radius 1 is 0.981 bits per heavy atom. The highest BCUT2D eigenvalue weighted by atomic mass is 32.2. The zero-order chi connectivity index (χ0) is 37.0. The molecule has 10 nitrogen and oxygen atoms in total. The van der Waals surface area contributed by atoms with Crippen LogP contribution in [0.3, 0.4) is 0 Å². The van der Waals surface area contributed by atoms with Crippen LogP contribution >= 0.6 is 34.9 Å². The van der Waals surface area contributed by atoms with Crippen molar-refractivity contribution in [1.29, 1.82) is 0 Å². The summed E-state index contributed by atoms with van der Waals surface area (Å²) in [7, 11) is -7.15. The van der Waals surface area contributed by atoms with Crippen molar-refractivity contribution in [3.63, 3.8) is 0 Å². The van der Waals surface area contributed by atoms with Crippen molar-refractivity contribution in [3.8, 4) is 0 Å². The normalized spacial score (nSPS) is 19.1. The van der Waals surface area contributed by atoms with Crippen molar-refractivity contribution in [2.75, 3.05) is 40.7 Å². The second-order valence-corrected chi connectivity index (χ2v) is 20.7. The monoisotopic (exact) mass is 800 g/mol. The molecule has 52 heavy (non-hydrogen) atoms. The van der Waals surface area contributed by atoms with Gasteiger partial charge < -0.3 is 19.9 Å². The maximum absolute atomic E-state index is 12.8. The molecule has 1 aromatic heterocycles. The van der Waals surface area contributed by atoms with Crippen molar-refractivity contribution >= 4 is 88.5 Å². The van der Waals surface area contributed by atoms with Crippen molar-refractivity contribution in [3.05, 3.63) is 87.4 Å². The average Bonchev–Trinajstić information content (AvgIpc) is 3.64. The van der Waals surface area contributed by atoms with Crippen LogP contribution in [0.2, 0.25) is 0 Å². The van der Waals surface area contributed by atoms with E-state index in [1.165, 1.54) is 5.57 Å². The molecule has 0 saturated carbocycles. The second-order valence-electron chi connectivity index (χ2n) is 13.1. The first-order valence-electron chi connectivity index (χ1n) is 17.0. The van der Waals surface area contributed by atoms with Gasteiger partial charge in [-0.1, -0.05) is 47.4 Å². The van der Waals surface area contributed by atoms with Gasteiger partial charge in [0, 0.05) is 40.9 Å². The number of fused-ring (bicyclic) bond motifs is 3. The van der Waals surface area contributed by atoms with Gasteiger partial charge in [0.2, 0.25) is 5.52 Å². The molecule has 1 atom stereocenters. The van der Waals surface area contributed by atoms with Gasteiger partial charge in [-0.25, -0.2) is 16.8 Å².